The summed E-state index contributed by atoms with van der Waals surface area (Å²) in [7, 11) is 2.06. The first-order valence-electron chi connectivity index (χ1n) is 7.33. The van der Waals surface area contributed by atoms with Gasteiger partial charge in [0.1, 0.15) is 5.75 Å². The summed E-state index contributed by atoms with van der Waals surface area (Å²) >= 11 is 0. The molecule has 0 aliphatic heterocycles. The van der Waals surface area contributed by atoms with Crippen LogP contribution in [0.2, 0.25) is 0 Å². The van der Waals surface area contributed by atoms with E-state index < -0.39 is 0 Å². The lowest BCUT2D eigenvalue weighted by atomic mass is 9.87. The van der Waals surface area contributed by atoms with Crippen molar-refractivity contribution >= 4 is 0 Å². The molecule has 0 bridgehead atoms. The number of fused-ring (bicyclic) bond motifs is 1. The number of rotatable bonds is 3. The van der Waals surface area contributed by atoms with Crippen molar-refractivity contribution in [3.8, 4) is 5.75 Å². The number of nitrogens with one attached hydrogen (secondary N) is 1. The number of ether oxygens (including phenoxy) is 1. The summed E-state index contributed by atoms with van der Waals surface area (Å²) in [6.07, 6.45) is 9.33. The van der Waals surface area contributed by atoms with Crippen LogP contribution in [0.5, 0.6) is 5.75 Å². The van der Waals surface area contributed by atoms with Gasteiger partial charge in [-0.1, -0.05) is 6.07 Å². The van der Waals surface area contributed by atoms with Crippen molar-refractivity contribution in [2.75, 3.05) is 7.05 Å². The van der Waals surface area contributed by atoms with E-state index in [1.165, 1.54) is 56.1 Å². The zero-order valence-electron chi connectivity index (χ0n) is 11.2. The third-order valence-corrected chi connectivity index (χ3v) is 4.39. The van der Waals surface area contributed by atoms with Crippen molar-refractivity contribution < 1.29 is 4.74 Å². The average molecular weight is 245 g/mol. The molecule has 0 saturated heterocycles. The minimum absolute atomic E-state index is 0.458. The summed E-state index contributed by atoms with van der Waals surface area (Å²) in [5.41, 5.74) is 2.96. The van der Waals surface area contributed by atoms with Crippen LogP contribution in [0.3, 0.4) is 0 Å². The second-order valence-electron chi connectivity index (χ2n) is 5.62. The Labute approximate surface area is 110 Å². The van der Waals surface area contributed by atoms with E-state index in [0.29, 0.717) is 12.1 Å². The molecule has 1 unspecified atom stereocenters. The molecule has 1 aromatic rings. The summed E-state index contributed by atoms with van der Waals surface area (Å²) < 4.78 is 6.11. The van der Waals surface area contributed by atoms with Gasteiger partial charge in [0.25, 0.3) is 0 Å². The van der Waals surface area contributed by atoms with E-state index in [0.717, 1.165) is 5.75 Å². The summed E-state index contributed by atoms with van der Waals surface area (Å²) in [5.74, 6) is 1.07. The van der Waals surface area contributed by atoms with Crippen molar-refractivity contribution in [1.29, 1.82) is 0 Å². The first kappa shape index (κ1) is 12.0. The molecule has 1 fully saturated rings. The molecular formula is C16H23NO. The lowest BCUT2D eigenvalue weighted by molar-refractivity contribution is 0.209. The van der Waals surface area contributed by atoms with Gasteiger partial charge < -0.3 is 10.1 Å². The highest BCUT2D eigenvalue weighted by atomic mass is 16.5. The first-order chi connectivity index (χ1) is 8.86. The Morgan fingerprint density at radius 3 is 2.72 bits per heavy atom. The maximum atomic E-state index is 6.11. The second kappa shape index (κ2) is 5.31. The average Bonchev–Trinajstić information content (AvgIpc) is 2.91. The van der Waals surface area contributed by atoms with Gasteiger partial charge >= 0.3 is 0 Å². The highest BCUT2D eigenvalue weighted by Gasteiger charge is 2.21. The molecule has 2 heteroatoms. The topological polar surface area (TPSA) is 21.3 Å². The van der Waals surface area contributed by atoms with Gasteiger partial charge in [0.15, 0.2) is 0 Å². The van der Waals surface area contributed by atoms with E-state index in [1.54, 1.807) is 0 Å². The van der Waals surface area contributed by atoms with Crippen molar-refractivity contribution in [2.45, 2.75) is 57.1 Å². The van der Waals surface area contributed by atoms with E-state index >= 15 is 0 Å². The zero-order valence-corrected chi connectivity index (χ0v) is 11.2. The molecule has 0 spiro atoms. The van der Waals surface area contributed by atoms with Gasteiger partial charge in [-0.25, -0.2) is 0 Å². The molecule has 18 heavy (non-hydrogen) atoms. The predicted molar refractivity (Wildman–Crippen MR) is 74.1 cm³/mol. The van der Waals surface area contributed by atoms with E-state index in [9.17, 15) is 0 Å². The normalized spacial score (nSPS) is 23.9. The Morgan fingerprint density at radius 2 is 1.94 bits per heavy atom. The Bertz CT molecular complexity index is 410. The van der Waals surface area contributed by atoms with E-state index in [2.05, 4.69) is 30.6 Å². The van der Waals surface area contributed by atoms with Gasteiger partial charge in [-0.2, -0.15) is 0 Å². The molecule has 2 aliphatic rings. The Kier molecular flexibility index (Phi) is 3.55. The third-order valence-electron chi connectivity index (χ3n) is 4.39. The largest absolute Gasteiger partial charge is 0.490 e. The van der Waals surface area contributed by atoms with Crippen molar-refractivity contribution in [2.24, 2.45) is 0 Å². The molecule has 1 N–H and O–H groups in total. The molecule has 2 nitrogen and oxygen atoms in total. The van der Waals surface area contributed by atoms with Crippen LogP contribution in [0, 0.1) is 0 Å². The third kappa shape index (κ3) is 2.39. The van der Waals surface area contributed by atoms with Crippen LogP contribution in [-0.4, -0.2) is 13.2 Å². The van der Waals surface area contributed by atoms with Crippen LogP contribution < -0.4 is 10.1 Å². The minimum atomic E-state index is 0.458. The van der Waals surface area contributed by atoms with Gasteiger partial charge in [-0.3, -0.25) is 0 Å². The van der Waals surface area contributed by atoms with Crippen LogP contribution in [0.15, 0.2) is 18.2 Å². The predicted octanol–water partition coefficient (Wildman–Crippen LogP) is 3.60. The highest BCUT2D eigenvalue weighted by molar-refractivity contribution is 5.39. The SMILES string of the molecule is CNC1CCCc2ccc(OC3CCCC3)cc21. The summed E-state index contributed by atoms with van der Waals surface area (Å²) in [6.45, 7) is 0. The van der Waals surface area contributed by atoms with Crippen molar-refractivity contribution in [1.82, 2.24) is 5.32 Å². The zero-order chi connectivity index (χ0) is 12.4. The van der Waals surface area contributed by atoms with Crippen LogP contribution in [0.1, 0.15) is 55.7 Å². The molecular weight excluding hydrogens is 222 g/mol. The minimum Gasteiger partial charge on any atom is -0.490 e. The molecule has 1 atom stereocenters. The second-order valence-corrected chi connectivity index (χ2v) is 5.62. The van der Waals surface area contributed by atoms with Crippen molar-refractivity contribution in [3.63, 3.8) is 0 Å². The van der Waals surface area contributed by atoms with Crippen LogP contribution >= 0.6 is 0 Å². The van der Waals surface area contributed by atoms with E-state index in [-0.39, 0.29) is 0 Å². The quantitative estimate of drug-likeness (QED) is 0.878. The molecule has 0 amide bonds. The number of hydrogen-bond donors (Lipinski definition) is 1. The van der Waals surface area contributed by atoms with E-state index in [1.807, 2.05) is 0 Å². The fraction of sp³-hybridized carbons (Fsp3) is 0.625. The smallest absolute Gasteiger partial charge is 0.120 e. The maximum Gasteiger partial charge on any atom is 0.120 e. The number of aryl methyl sites for hydroxylation is 1. The molecule has 0 radical (unpaired) electrons. The molecule has 1 aromatic carbocycles. The Morgan fingerprint density at radius 1 is 1.11 bits per heavy atom. The lowest BCUT2D eigenvalue weighted by Crippen LogP contribution is -2.21. The van der Waals surface area contributed by atoms with Crippen LogP contribution in [0.25, 0.3) is 0 Å². The van der Waals surface area contributed by atoms with Crippen molar-refractivity contribution in [3.05, 3.63) is 29.3 Å². The van der Waals surface area contributed by atoms with Gasteiger partial charge in [0.2, 0.25) is 0 Å². The molecule has 98 valence electrons. The Hall–Kier alpha value is -1.02. The highest BCUT2D eigenvalue weighted by Crippen LogP contribution is 2.33. The fourth-order valence-corrected chi connectivity index (χ4v) is 3.35. The molecule has 0 aromatic heterocycles. The molecule has 3 rings (SSSR count). The molecule has 0 heterocycles. The van der Waals surface area contributed by atoms with Crippen LogP contribution in [-0.2, 0) is 6.42 Å². The number of hydrogen-bond acceptors (Lipinski definition) is 2. The van der Waals surface area contributed by atoms with Gasteiger partial charge in [-0.05, 0) is 75.3 Å². The standard InChI is InChI=1S/C16H23NO/c1-17-16-8-4-5-12-9-10-14(11-15(12)16)18-13-6-2-3-7-13/h9-11,13,16-17H,2-8H2,1H3. The van der Waals surface area contributed by atoms with Crippen LogP contribution in [0.4, 0.5) is 0 Å². The molecule has 2 aliphatic carbocycles. The monoisotopic (exact) mass is 245 g/mol. The van der Waals surface area contributed by atoms with Gasteiger partial charge in [-0.15, -0.1) is 0 Å². The molecule has 1 saturated carbocycles. The summed E-state index contributed by atoms with van der Waals surface area (Å²) in [5, 5.41) is 3.43. The fourth-order valence-electron chi connectivity index (χ4n) is 3.35. The summed E-state index contributed by atoms with van der Waals surface area (Å²) in [6, 6.07) is 7.22. The van der Waals surface area contributed by atoms with Gasteiger partial charge in [0.05, 0.1) is 6.10 Å². The van der Waals surface area contributed by atoms with E-state index in [4.69, 9.17) is 4.74 Å². The van der Waals surface area contributed by atoms with Gasteiger partial charge in [0, 0.05) is 6.04 Å². The lowest BCUT2D eigenvalue weighted by Gasteiger charge is -2.26. The maximum absolute atomic E-state index is 6.11. The first-order valence-corrected chi connectivity index (χ1v) is 7.33. The Balaban J connectivity index is 1.79. The number of benzene rings is 1. The summed E-state index contributed by atoms with van der Waals surface area (Å²) in [4.78, 5) is 0.